The predicted octanol–water partition coefficient (Wildman–Crippen LogP) is 3.88. The molecule has 1 heterocycles. The van der Waals surface area contributed by atoms with Crippen molar-refractivity contribution < 1.29 is 4.74 Å². The van der Waals surface area contributed by atoms with E-state index in [1.807, 2.05) is 0 Å². The molecule has 4 atom stereocenters. The summed E-state index contributed by atoms with van der Waals surface area (Å²) in [7, 11) is 0. The van der Waals surface area contributed by atoms with Crippen LogP contribution >= 0.6 is 0 Å². The fourth-order valence-corrected chi connectivity index (χ4v) is 4.26. The summed E-state index contributed by atoms with van der Waals surface area (Å²) < 4.78 is 6.14. The van der Waals surface area contributed by atoms with Crippen molar-refractivity contribution in [1.29, 1.82) is 0 Å². The van der Waals surface area contributed by atoms with E-state index >= 15 is 0 Å². The van der Waals surface area contributed by atoms with Gasteiger partial charge in [-0.15, -0.1) is 0 Å². The summed E-state index contributed by atoms with van der Waals surface area (Å²) in [4.78, 5) is 0. The third-order valence-corrected chi connectivity index (χ3v) is 5.23. The summed E-state index contributed by atoms with van der Waals surface area (Å²) in [5.41, 5.74) is 1.55. The van der Waals surface area contributed by atoms with Gasteiger partial charge in [-0.05, 0) is 30.2 Å². The highest BCUT2D eigenvalue weighted by atomic mass is 16.6. The lowest BCUT2D eigenvalue weighted by Crippen LogP contribution is -2.32. The minimum atomic E-state index is 0.125. The number of epoxide rings is 1. The Balaban J connectivity index is 1.62. The van der Waals surface area contributed by atoms with Crippen LogP contribution in [0.5, 0.6) is 0 Å². The van der Waals surface area contributed by atoms with Gasteiger partial charge in [0.25, 0.3) is 0 Å². The van der Waals surface area contributed by atoms with Crippen LogP contribution in [0, 0.1) is 11.8 Å². The highest BCUT2D eigenvalue weighted by Gasteiger charge is 2.62. The second-order valence-corrected chi connectivity index (χ2v) is 6.11. The van der Waals surface area contributed by atoms with Gasteiger partial charge in [0, 0.05) is 0 Å². The van der Waals surface area contributed by atoms with E-state index in [-0.39, 0.29) is 5.60 Å². The van der Waals surface area contributed by atoms with E-state index in [1.54, 1.807) is 0 Å². The van der Waals surface area contributed by atoms with Crippen LogP contribution in [0.3, 0.4) is 0 Å². The van der Waals surface area contributed by atoms with E-state index in [0.717, 1.165) is 11.8 Å². The summed E-state index contributed by atoms with van der Waals surface area (Å²) in [5.74, 6) is 1.90. The Morgan fingerprint density at radius 1 is 1.00 bits per heavy atom. The van der Waals surface area contributed by atoms with Gasteiger partial charge in [-0.2, -0.15) is 0 Å². The van der Waals surface area contributed by atoms with Crippen molar-refractivity contribution in [2.75, 3.05) is 0 Å². The number of hydrogen-bond donors (Lipinski definition) is 0. The zero-order valence-electron chi connectivity index (χ0n) is 10.3. The van der Waals surface area contributed by atoms with Gasteiger partial charge < -0.3 is 4.74 Å². The van der Waals surface area contributed by atoms with Gasteiger partial charge in [-0.1, -0.05) is 56.0 Å². The van der Waals surface area contributed by atoms with Gasteiger partial charge >= 0.3 is 0 Å². The van der Waals surface area contributed by atoms with Crippen LogP contribution in [0.25, 0.3) is 0 Å². The summed E-state index contributed by atoms with van der Waals surface area (Å²) in [6, 6.07) is 10.9. The summed E-state index contributed by atoms with van der Waals surface area (Å²) in [6.07, 6.45) is 8.92. The Morgan fingerprint density at radius 3 is 2.59 bits per heavy atom. The van der Waals surface area contributed by atoms with Gasteiger partial charge in [0.15, 0.2) is 0 Å². The summed E-state index contributed by atoms with van der Waals surface area (Å²) >= 11 is 0. The van der Waals surface area contributed by atoms with Crippen molar-refractivity contribution in [2.45, 2.75) is 50.2 Å². The molecule has 4 rings (SSSR count). The first-order chi connectivity index (χ1) is 8.38. The lowest BCUT2D eigenvalue weighted by Gasteiger charge is -2.36. The molecule has 1 saturated heterocycles. The maximum Gasteiger partial charge on any atom is 0.120 e. The highest BCUT2D eigenvalue weighted by Crippen LogP contribution is 2.60. The number of benzene rings is 1. The standard InChI is InChI=1S/C16H20O/c1-2-8-14(9-3-1)16-11-13-7-5-4-6-12(13)10-15(16)17-16/h1-3,8-9,12-13,15H,4-7,10-11H2/t12-,13-,15-,16+/m0/s1. The fraction of sp³-hybridized carbons (Fsp3) is 0.625. The van der Waals surface area contributed by atoms with Crippen LogP contribution in [0.15, 0.2) is 30.3 Å². The van der Waals surface area contributed by atoms with E-state index < -0.39 is 0 Å². The monoisotopic (exact) mass is 228 g/mol. The fourth-order valence-electron chi connectivity index (χ4n) is 4.26. The quantitative estimate of drug-likeness (QED) is 0.664. The molecular weight excluding hydrogens is 208 g/mol. The van der Waals surface area contributed by atoms with Gasteiger partial charge in [0.1, 0.15) is 5.60 Å². The van der Waals surface area contributed by atoms with Crippen molar-refractivity contribution in [2.24, 2.45) is 11.8 Å². The zero-order chi connectivity index (χ0) is 11.3. The van der Waals surface area contributed by atoms with Crippen molar-refractivity contribution in [3.05, 3.63) is 35.9 Å². The molecule has 0 amide bonds. The summed E-state index contributed by atoms with van der Waals surface area (Å²) in [5, 5.41) is 0. The molecule has 3 fully saturated rings. The van der Waals surface area contributed by atoms with Crippen molar-refractivity contribution in [1.82, 2.24) is 0 Å². The topological polar surface area (TPSA) is 12.5 Å². The van der Waals surface area contributed by atoms with E-state index in [2.05, 4.69) is 30.3 Å². The third kappa shape index (κ3) is 1.48. The lowest BCUT2D eigenvalue weighted by atomic mass is 9.66. The van der Waals surface area contributed by atoms with E-state index in [1.165, 1.54) is 44.1 Å². The molecule has 0 N–H and O–H groups in total. The third-order valence-electron chi connectivity index (χ3n) is 5.23. The van der Waals surface area contributed by atoms with E-state index in [9.17, 15) is 0 Å². The molecule has 1 nitrogen and oxygen atoms in total. The molecule has 0 bridgehead atoms. The molecule has 1 aliphatic heterocycles. The average Bonchev–Trinajstić information content (AvgIpc) is 3.11. The minimum Gasteiger partial charge on any atom is -0.361 e. The van der Waals surface area contributed by atoms with Gasteiger partial charge in [0.05, 0.1) is 6.10 Å². The SMILES string of the molecule is c1ccc([C@]23C[C@@H]4CCCC[C@H]4C[C@@H]2O3)cc1. The molecule has 0 radical (unpaired) electrons. The molecule has 0 unspecified atom stereocenters. The van der Waals surface area contributed by atoms with Gasteiger partial charge in [0.2, 0.25) is 0 Å². The van der Waals surface area contributed by atoms with Crippen molar-refractivity contribution in [3.63, 3.8) is 0 Å². The molecule has 17 heavy (non-hydrogen) atoms. The first-order valence-corrected chi connectivity index (χ1v) is 7.12. The maximum atomic E-state index is 6.14. The molecule has 1 heteroatoms. The second kappa shape index (κ2) is 3.58. The zero-order valence-corrected chi connectivity index (χ0v) is 10.3. The molecule has 2 aliphatic carbocycles. The van der Waals surface area contributed by atoms with Crippen LogP contribution in [-0.4, -0.2) is 6.10 Å². The Bertz CT molecular complexity index is 413. The molecule has 1 aromatic carbocycles. The largest absolute Gasteiger partial charge is 0.361 e. The molecule has 0 spiro atoms. The van der Waals surface area contributed by atoms with Gasteiger partial charge in [-0.25, -0.2) is 0 Å². The molecule has 0 aromatic heterocycles. The number of hydrogen-bond acceptors (Lipinski definition) is 1. The first-order valence-electron chi connectivity index (χ1n) is 7.12. The smallest absolute Gasteiger partial charge is 0.120 e. The predicted molar refractivity (Wildman–Crippen MR) is 67.7 cm³/mol. The Labute approximate surface area is 103 Å². The lowest BCUT2D eigenvalue weighted by molar-refractivity contribution is 0.158. The highest BCUT2D eigenvalue weighted by molar-refractivity contribution is 5.30. The summed E-state index contributed by atoms with van der Waals surface area (Å²) in [6.45, 7) is 0. The average molecular weight is 228 g/mol. The normalized spacial score (nSPS) is 43.6. The van der Waals surface area contributed by atoms with Crippen molar-refractivity contribution >= 4 is 0 Å². The maximum absolute atomic E-state index is 6.14. The minimum absolute atomic E-state index is 0.125. The van der Waals surface area contributed by atoms with Crippen LogP contribution in [0.1, 0.15) is 44.1 Å². The number of rotatable bonds is 1. The van der Waals surface area contributed by atoms with Crippen LogP contribution in [0.4, 0.5) is 0 Å². The molecule has 2 saturated carbocycles. The van der Waals surface area contributed by atoms with Crippen LogP contribution in [0.2, 0.25) is 0 Å². The first kappa shape index (κ1) is 10.1. The van der Waals surface area contributed by atoms with E-state index in [4.69, 9.17) is 4.74 Å². The Kier molecular flexibility index (Phi) is 2.14. The number of ether oxygens (including phenoxy) is 1. The van der Waals surface area contributed by atoms with E-state index in [0.29, 0.717) is 6.10 Å². The molecule has 90 valence electrons. The molecule has 3 aliphatic rings. The van der Waals surface area contributed by atoms with Crippen LogP contribution < -0.4 is 0 Å². The molecular formula is C16H20O. The Hall–Kier alpha value is -0.820. The van der Waals surface area contributed by atoms with Gasteiger partial charge in [-0.3, -0.25) is 0 Å². The number of fused-ring (bicyclic) bond motifs is 2. The van der Waals surface area contributed by atoms with Crippen molar-refractivity contribution in [3.8, 4) is 0 Å². The molecule has 1 aromatic rings. The Morgan fingerprint density at radius 2 is 1.76 bits per heavy atom. The van der Waals surface area contributed by atoms with Crippen LogP contribution in [-0.2, 0) is 10.3 Å². The second-order valence-electron chi connectivity index (χ2n) is 6.11.